The first kappa shape index (κ1) is 20.8. The fraction of sp³-hybridized carbons (Fsp3) is 0.318. The molecule has 156 valence electrons. The number of halogens is 1. The molecule has 2 unspecified atom stereocenters. The Morgan fingerprint density at radius 1 is 1.17 bits per heavy atom. The van der Waals surface area contributed by atoms with Crippen molar-refractivity contribution in [1.82, 2.24) is 14.9 Å². The fourth-order valence-electron chi connectivity index (χ4n) is 3.42. The predicted molar refractivity (Wildman–Crippen MR) is 122 cm³/mol. The highest BCUT2D eigenvalue weighted by Crippen LogP contribution is 2.38. The van der Waals surface area contributed by atoms with Crippen LogP contribution in [0.25, 0.3) is 0 Å². The number of carbonyl (C=O) groups excluding carboxylic acids is 1. The molecule has 0 saturated carbocycles. The number of nitrogens with one attached hydrogen (secondary N) is 2. The van der Waals surface area contributed by atoms with Crippen LogP contribution in [0, 0.1) is 6.92 Å². The molecular weight excluding hydrogens is 418 g/mol. The summed E-state index contributed by atoms with van der Waals surface area (Å²) in [5.74, 6) is 0.737. The Hall–Kier alpha value is -2.51. The first-order valence-electron chi connectivity index (χ1n) is 10.0. The normalized spacial score (nSPS) is 17.9. The Balaban J connectivity index is 1.66. The van der Waals surface area contributed by atoms with E-state index in [1.165, 1.54) is 17.3 Å². The highest BCUT2D eigenvalue weighted by Gasteiger charge is 2.37. The number of anilines is 1. The van der Waals surface area contributed by atoms with Crippen LogP contribution in [0.2, 0.25) is 5.02 Å². The number of aromatic nitrogens is 3. The van der Waals surface area contributed by atoms with Crippen molar-refractivity contribution < 1.29 is 4.79 Å². The molecular formula is C22H24ClN5OS. The maximum atomic E-state index is 13.3. The van der Waals surface area contributed by atoms with Gasteiger partial charge in [0.15, 0.2) is 5.82 Å². The second kappa shape index (κ2) is 8.70. The summed E-state index contributed by atoms with van der Waals surface area (Å²) in [5.41, 5.74) is 7.43. The van der Waals surface area contributed by atoms with Gasteiger partial charge in [-0.05, 0) is 42.2 Å². The smallest absolute Gasteiger partial charge is 0.240 e. The molecule has 1 amide bonds. The van der Waals surface area contributed by atoms with Gasteiger partial charge in [-0.1, -0.05) is 67.5 Å². The van der Waals surface area contributed by atoms with E-state index in [1.54, 1.807) is 6.07 Å². The largest absolute Gasteiger partial charge is 0.325 e. The minimum absolute atomic E-state index is 0.107. The van der Waals surface area contributed by atoms with Crippen molar-refractivity contribution in [3.8, 4) is 0 Å². The first-order chi connectivity index (χ1) is 14.5. The van der Waals surface area contributed by atoms with Crippen LogP contribution in [0.5, 0.6) is 0 Å². The van der Waals surface area contributed by atoms with E-state index in [4.69, 9.17) is 11.6 Å². The van der Waals surface area contributed by atoms with Crippen molar-refractivity contribution >= 4 is 35.0 Å². The number of carbonyl (C=O) groups is 1. The molecule has 3 aromatic rings. The van der Waals surface area contributed by atoms with Crippen LogP contribution in [0.1, 0.15) is 42.4 Å². The molecule has 2 N–H and O–H groups in total. The van der Waals surface area contributed by atoms with Crippen molar-refractivity contribution in [3.63, 3.8) is 0 Å². The number of rotatable bonds is 5. The van der Waals surface area contributed by atoms with Crippen LogP contribution in [0.15, 0.2) is 47.6 Å². The van der Waals surface area contributed by atoms with Gasteiger partial charge in [0.1, 0.15) is 5.25 Å². The molecule has 1 aliphatic heterocycles. The second-order valence-corrected chi connectivity index (χ2v) is 8.80. The molecule has 2 aromatic carbocycles. The molecule has 8 heteroatoms. The summed E-state index contributed by atoms with van der Waals surface area (Å²) < 4.78 is 1.90. The van der Waals surface area contributed by atoms with E-state index < -0.39 is 5.25 Å². The third kappa shape index (κ3) is 4.04. The molecule has 6 nitrogen and oxygen atoms in total. The van der Waals surface area contributed by atoms with Gasteiger partial charge < -0.3 is 10.7 Å². The molecule has 4 rings (SSSR count). The van der Waals surface area contributed by atoms with Gasteiger partial charge in [0, 0.05) is 17.1 Å². The summed E-state index contributed by atoms with van der Waals surface area (Å²) in [5, 5.41) is 12.4. The molecule has 0 bridgehead atoms. The molecule has 1 aliphatic rings. The van der Waals surface area contributed by atoms with E-state index in [9.17, 15) is 4.79 Å². The molecule has 2 atom stereocenters. The van der Waals surface area contributed by atoms with E-state index in [2.05, 4.69) is 52.1 Å². The molecule has 0 saturated heterocycles. The van der Waals surface area contributed by atoms with Crippen LogP contribution in [0.3, 0.4) is 0 Å². The minimum atomic E-state index is -0.418. The number of hydrogen-bond acceptors (Lipinski definition) is 5. The van der Waals surface area contributed by atoms with Gasteiger partial charge >= 0.3 is 0 Å². The van der Waals surface area contributed by atoms with Gasteiger partial charge in [-0.3, -0.25) is 4.79 Å². The van der Waals surface area contributed by atoms with Gasteiger partial charge in [0.2, 0.25) is 11.1 Å². The lowest BCUT2D eigenvalue weighted by Crippen LogP contribution is -2.41. The van der Waals surface area contributed by atoms with Gasteiger partial charge in [-0.25, -0.2) is 4.68 Å². The summed E-state index contributed by atoms with van der Waals surface area (Å²) >= 11 is 7.65. The van der Waals surface area contributed by atoms with Crippen LogP contribution in [-0.4, -0.2) is 26.0 Å². The number of benzene rings is 2. The van der Waals surface area contributed by atoms with Gasteiger partial charge in [0.05, 0.1) is 6.04 Å². The Morgan fingerprint density at radius 3 is 2.60 bits per heavy atom. The topological polar surface area (TPSA) is 71.8 Å². The molecule has 0 radical (unpaired) electrons. The SMILES string of the molecule is CCc1ccc(C2Nn3c(CC)nnc3SC2C(=O)Nc2ccc(C)c(Cl)c2)cc1. The number of thioether (sulfide) groups is 1. The molecule has 0 fully saturated rings. The molecule has 0 spiro atoms. The van der Waals surface area contributed by atoms with E-state index in [-0.39, 0.29) is 11.9 Å². The molecule has 2 heterocycles. The van der Waals surface area contributed by atoms with Crippen LogP contribution in [-0.2, 0) is 17.6 Å². The minimum Gasteiger partial charge on any atom is -0.325 e. The van der Waals surface area contributed by atoms with Crippen molar-refractivity contribution in [1.29, 1.82) is 0 Å². The van der Waals surface area contributed by atoms with Crippen molar-refractivity contribution in [2.75, 3.05) is 10.7 Å². The summed E-state index contributed by atoms with van der Waals surface area (Å²) in [6.07, 6.45) is 1.72. The number of fused-ring (bicyclic) bond motifs is 1. The van der Waals surface area contributed by atoms with Crippen molar-refractivity contribution in [3.05, 3.63) is 70.0 Å². The Bertz CT molecular complexity index is 1070. The van der Waals surface area contributed by atoms with Crippen molar-refractivity contribution in [2.45, 2.75) is 50.1 Å². The van der Waals surface area contributed by atoms with Gasteiger partial charge in [-0.2, -0.15) is 0 Å². The fourth-order valence-corrected chi connectivity index (χ4v) is 4.70. The second-order valence-electron chi connectivity index (χ2n) is 7.28. The van der Waals surface area contributed by atoms with E-state index in [0.29, 0.717) is 15.9 Å². The van der Waals surface area contributed by atoms with Crippen LogP contribution < -0.4 is 10.7 Å². The summed E-state index contributed by atoms with van der Waals surface area (Å²) in [7, 11) is 0. The number of amides is 1. The maximum Gasteiger partial charge on any atom is 0.240 e. The highest BCUT2D eigenvalue weighted by molar-refractivity contribution is 8.00. The highest BCUT2D eigenvalue weighted by atomic mass is 35.5. The molecule has 30 heavy (non-hydrogen) atoms. The summed E-state index contributed by atoms with van der Waals surface area (Å²) in [6.45, 7) is 6.10. The van der Waals surface area contributed by atoms with Crippen molar-refractivity contribution in [2.24, 2.45) is 0 Å². The van der Waals surface area contributed by atoms with Crippen LogP contribution >= 0.6 is 23.4 Å². The zero-order valence-corrected chi connectivity index (χ0v) is 18.7. The third-order valence-electron chi connectivity index (χ3n) is 5.26. The third-order valence-corrected chi connectivity index (χ3v) is 6.89. The molecule has 0 aliphatic carbocycles. The van der Waals surface area contributed by atoms with Gasteiger partial charge in [-0.15, -0.1) is 10.2 Å². The van der Waals surface area contributed by atoms with E-state index in [0.717, 1.165) is 29.8 Å². The predicted octanol–water partition coefficient (Wildman–Crippen LogP) is 4.76. The van der Waals surface area contributed by atoms with E-state index in [1.807, 2.05) is 30.7 Å². The maximum absolute atomic E-state index is 13.3. The number of hydrogen-bond donors (Lipinski definition) is 2. The number of nitrogens with zero attached hydrogens (tertiary/aromatic N) is 3. The van der Waals surface area contributed by atoms with Crippen LogP contribution in [0.4, 0.5) is 5.69 Å². The number of aryl methyl sites for hydroxylation is 3. The monoisotopic (exact) mass is 441 g/mol. The zero-order valence-electron chi connectivity index (χ0n) is 17.1. The first-order valence-corrected chi connectivity index (χ1v) is 11.3. The average Bonchev–Trinajstić information content (AvgIpc) is 3.17. The van der Waals surface area contributed by atoms with E-state index >= 15 is 0 Å². The average molecular weight is 442 g/mol. The standard InChI is InChI=1S/C22H24ClN5OS/c1-4-14-7-9-15(10-8-14)19-20(30-22-26-25-18(5-2)28(22)27-19)21(29)24-16-11-6-13(3)17(23)12-16/h6-12,19-20,27H,4-5H2,1-3H3,(H,24,29). The summed E-state index contributed by atoms with van der Waals surface area (Å²) in [4.78, 5) is 13.3. The Labute approximate surface area is 185 Å². The Morgan fingerprint density at radius 2 is 1.93 bits per heavy atom. The molecule has 1 aromatic heterocycles. The summed E-state index contributed by atoms with van der Waals surface area (Å²) in [6, 6.07) is 13.7. The Kier molecular flexibility index (Phi) is 6.01. The quantitative estimate of drug-likeness (QED) is 0.597. The zero-order chi connectivity index (χ0) is 21.3. The lowest BCUT2D eigenvalue weighted by molar-refractivity contribution is -0.116. The van der Waals surface area contributed by atoms with Gasteiger partial charge in [0.25, 0.3) is 0 Å². The lowest BCUT2D eigenvalue weighted by Gasteiger charge is -2.33. The lowest BCUT2D eigenvalue weighted by atomic mass is 10.0.